The first-order valence-electron chi connectivity index (χ1n) is 6.44. The maximum atomic E-state index is 9.86. The average Bonchev–Trinajstić information content (AvgIpc) is 2.47. The second kappa shape index (κ2) is 6.18. The van der Waals surface area contributed by atoms with Crippen molar-refractivity contribution in [3.05, 3.63) is 59.4 Å². The summed E-state index contributed by atoms with van der Waals surface area (Å²) in [6, 6.07) is 11.4. The molecule has 4 nitrogen and oxygen atoms in total. The molecule has 0 bridgehead atoms. The number of hydrogen-bond donors (Lipinski definition) is 1. The number of pyridine rings is 1. The van der Waals surface area contributed by atoms with Gasteiger partial charge in [0.05, 0.1) is 17.7 Å². The van der Waals surface area contributed by atoms with Crippen LogP contribution in [0.1, 0.15) is 29.7 Å². The zero-order chi connectivity index (χ0) is 14.5. The van der Waals surface area contributed by atoms with E-state index in [-0.39, 0.29) is 0 Å². The Morgan fingerprint density at radius 2 is 2.00 bits per heavy atom. The van der Waals surface area contributed by atoms with Gasteiger partial charge in [-0.1, -0.05) is 6.07 Å². The normalized spacial score (nSPS) is 11.7. The van der Waals surface area contributed by atoms with Crippen LogP contribution in [0.4, 0.5) is 5.69 Å². The van der Waals surface area contributed by atoms with E-state index in [0.29, 0.717) is 12.1 Å². The van der Waals surface area contributed by atoms with Crippen LogP contribution in [0.25, 0.3) is 0 Å². The molecule has 1 atom stereocenters. The summed E-state index contributed by atoms with van der Waals surface area (Å²) in [7, 11) is 1.95. The molecule has 1 unspecified atom stereocenters. The predicted octanol–water partition coefficient (Wildman–Crippen LogP) is 2.64. The predicted molar refractivity (Wildman–Crippen MR) is 78.1 cm³/mol. The highest BCUT2D eigenvalue weighted by Gasteiger charge is 2.13. The van der Waals surface area contributed by atoms with Crippen LogP contribution in [0, 0.1) is 11.3 Å². The van der Waals surface area contributed by atoms with E-state index in [1.165, 1.54) is 0 Å². The minimum Gasteiger partial charge on any atom is -0.389 e. The lowest BCUT2D eigenvalue weighted by atomic mass is 10.0. The van der Waals surface area contributed by atoms with Gasteiger partial charge in [-0.25, -0.2) is 0 Å². The van der Waals surface area contributed by atoms with Gasteiger partial charge in [0.25, 0.3) is 0 Å². The molecule has 0 fully saturated rings. The summed E-state index contributed by atoms with van der Waals surface area (Å²) in [6.45, 7) is 2.42. The van der Waals surface area contributed by atoms with Gasteiger partial charge in [0.15, 0.2) is 0 Å². The number of aliphatic hydroxyl groups is 1. The molecule has 1 aromatic carbocycles. The second-order valence-corrected chi connectivity index (χ2v) is 4.77. The zero-order valence-corrected chi connectivity index (χ0v) is 11.6. The molecule has 1 aromatic heterocycles. The van der Waals surface area contributed by atoms with Crippen molar-refractivity contribution in [2.45, 2.75) is 19.6 Å². The van der Waals surface area contributed by atoms with Crippen molar-refractivity contribution < 1.29 is 5.11 Å². The van der Waals surface area contributed by atoms with Crippen LogP contribution in [0.3, 0.4) is 0 Å². The first-order valence-corrected chi connectivity index (χ1v) is 6.44. The molecule has 1 heterocycles. The third kappa shape index (κ3) is 3.14. The van der Waals surface area contributed by atoms with Gasteiger partial charge in [0.1, 0.15) is 0 Å². The second-order valence-electron chi connectivity index (χ2n) is 4.77. The minimum absolute atomic E-state index is 0.572. The van der Waals surface area contributed by atoms with Crippen LogP contribution in [0.15, 0.2) is 42.7 Å². The third-order valence-corrected chi connectivity index (χ3v) is 3.19. The van der Waals surface area contributed by atoms with Gasteiger partial charge in [-0.15, -0.1) is 0 Å². The van der Waals surface area contributed by atoms with Crippen LogP contribution in [0.2, 0.25) is 0 Å². The van der Waals surface area contributed by atoms with Gasteiger partial charge in [-0.3, -0.25) is 4.98 Å². The third-order valence-electron chi connectivity index (χ3n) is 3.19. The Hall–Kier alpha value is -2.38. The van der Waals surface area contributed by atoms with Crippen LogP contribution < -0.4 is 4.90 Å². The molecular formula is C16H17N3O. The molecule has 0 spiro atoms. The lowest BCUT2D eigenvalue weighted by Gasteiger charge is -2.24. The molecule has 0 aliphatic carbocycles. The lowest BCUT2D eigenvalue weighted by Crippen LogP contribution is -2.18. The van der Waals surface area contributed by atoms with Crippen LogP contribution in [0.5, 0.6) is 0 Å². The fourth-order valence-electron chi connectivity index (χ4n) is 2.14. The maximum Gasteiger partial charge on any atom is 0.0992 e. The summed E-state index contributed by atoms with van der Waals surface area (Å²) in [5, 5.41) is 18.9. The van der Waals surface area contributed by atoms with Crippen molar-refractivity contribution in [1.82, 2.24) is 4.98 Å². The summed E-state index contributed by atoms with van der Waals surface area (Å²) in [5.74, 6) is 0. The molecule has 0 aliphatic rings. The Bertz CT molecular complexity index is 617. The van der Waals surface area contributed by atoms with Crippen molar-refractivity contribution >= 4 is 5.69 Å². The van der Waals surface area contributed by atoms with Gasteiger partial charge in [-0.2, -0.15) is 5.26 Å². The fourth-order valence-corrected chi connectivity index (χ4v) is 2.14. The Balaban J connectivity index is 2.32. The number of anilines is 1. The smallest absolute Gasteiger partial charge is 0.0992 e. The van der Waals surface area contributed by atoms with E-state index >= 15 is 0 Å². The quantitative estimate of drug-likeness (QED) is 0.925. The molecule has 0 radical (unpaired) electrons. The van der Waals surface area contributed by atoms with Crippen molar-refractivity contribution in [3.8, 4) is 6.07 Å². The number of aromatic nitrogens is 1. The summed E-state index contributed by atoms with van der Waals surface area (Å²) in [6.07, 6.45) is 2.94. The van der Waals surface area contributed by atoms with E-state index in [1.807, 2.05) is 36.2 Å². The van der Waals surface area contributed by atoms with Crippen molar-refractivity contribution in [2.24, 2.45) is 0 Å². The largest absolute Gasteiger partial charge is 0.389 e. The van der Waals surface area contributed by atoms with E-state index in [2.05, 4.69) is 11.1 Å². The monoisotopic (exact) mass is 267 g/mol. The first kappa shape index (κ1) is 14.0. The molecule has 1 N–H and O–H groups in total. The SMILES string of the molecule is CC(O)c1ccc(C#N)cc1N(C)Cc1ccncc1. The van der Waals surface area contributed by atoms with E-state index < -0.39 is 6.10 Å². The fraction of sp³-hybridized carbons (Fsp3) is 0.250. The number of hydrogen-bond acceptors (Lipinski definition) is 4. The molecule has 0 aliphatic heterocycles. The zero-order valence-electron chi connectivity index (χ0n) is 11.6. The minimum atomic E-state index is -0.572. The van der Waals surface area contributed by atoms with Crippen molar-refractivity contribution in [1.29, 1.82) is 5.26 Å². The Kier molecular flexibility index (Phi) is 4.34. The number of benzene rings is 1. The molecule has 102 valence electrons. The average molecular weight is 267 g/mol. The Morgan fingerprint density at radius 1 is 1.30 bits per heavy atom. The summed E-state index contributed by atoms with van der Waals surface area (Å²) < 4.78 is 0. The van der Waals surface area contributed by atoms with Gasteiger partial charge in [-0.05, 0) is 36.8 Å². The van der Waals surface area contributed by atoms with Crippen molar-refractivity contribution in [3.63, 3.8) is 0 Å². The van der Waals surface area contributed by atoms with Gasteiger partial charge in [0.2, 0.25) is 0 Å². The van der Waals surface area contributed by atoms with Crippen molar-refractivity contribution in [2.75, 3.05) is 11.9 Å². The molecular weight excluding hydrogens is 250 g/mol. The highest BCUT2D eigenvalue weighted by molar-refractivity contribution is 5.58. The number of rotatable bonds is 4. The number of aliphatic hydroxyl groups excluding tert-OH is 1. The van der Waals surface area contributed by atoms with Crippen LogP contribution in [-0.4, -0.2) is 17.1 Å². The van der Waals surface area contributed by atoms with E-state index in [1.54, 1.807) is 25.4 Å². The standard InChI is InChI=1S/C16H17N3O/c1-12(20)15-4-3-14(10-17)9-16(15)19(2)11-13-5-7-18-8-6-13/h3-9,12,20H,11H2,1-2H3. The summed E-state index contributed by atoms with van der Waals surface area (Å²) in [5.41, 5.74) is 3.41. The highest BCUT2D eigenvalue weighted by atomic mass is 16.3. The van der Waals surface area contributed by atoms with Gasteiger partial charge >= 0.3 is 0 Å². The number of nitrogens with zero attached hydrogens (tertiary/aromatic N) is 3. The topological polar surface area (TPSA) is 60.1 Å². The molecule has 4 heteroatoms. The van der Waals surface area contributed by atoms with Gasteiger partial charge < -0.3 is 10.0 Å². The molecule has 0 saturated heterocycles. The Morgan fingerprint density at radius 3 is 2.60 bits per heavy atom. The molecule has 2 aromatic rings. The van der Waals surface area contributed by atoms with Crippen LogP contribution in [-0.2, 0) is 6.54 Å². The molecule has 0 amide bonds. The van der Waals surface area contributed by atoms with Gasteiger partial charge in [0, 0.05) is 37.2 Å². The number of nitriles is 1. The summed E-state index contributed by atoms with van der Waals surface area (Å²) in [4.78, 5) is 6.02. The summed E-state index contributed by atoms with van der Waals surface area (Å²) >= 11 is 0. The molecule has 20 heavy (non-hydrogen) atoms. The highest BCUT2D eigenvalue weighted by Crippen LogP contribution is 2.27. The molecule has 2 rings (SSSR count). The first-order chi connectivity index (χ1) is 9.61. The maximum absolute atomic E-state index is 9.86. The van der Waals surface area contributed by atoms with E-state index in [0.717, 1.165) is 16.8 Å². The van der Waals surface area contributed by atoms with E-state index in [9.17, 15) is 5.11 Å². The van der Waals surface area contributed by atoms with E-state index in [4.69, 9.17) is 5.26 Å². The lowest BCUT2D eigenvalue weighted by molar-refractivity contribution is 0.199. The Labute approximate surface area is 118 Å². The van der Waals surface area contributed by atoms with Crippen LogP contribution >= 0.6 is 0 Å². The molecule has 0 saturated carbocycles.